The highest BCUT2D eigenvalue weighted by molar-refractivity contribution is 5.94. The Hall–Kier alpha value is -3.21. The average molecular weight is 372 g/mol. The van der Waals surface area contributed by atoms with Crippen molar-refractivity contribution in [2.45, 2.75) is 12.8 Å². The molecule has 2 heterocycles. The van der Waals surface area contributed by atoms with Crippen molar-refractivity contribution in [3.8, 4) is 11.1 Å². The van der Waals surface area contributed by atoms with Gasteiger partial charge in [0.05, 0.1) is 6.20 Å². The molecule has 1 atom stereocenters. The summed E-state index contributed by atoms with van der Waals surface area (Å²) in [5.41, 5.74) is 2.96. The maximum atomic E-state index is 12.5. The molecular formula is C23H24N4O. The zero-order valence-corrected chi connectivity index (χ0v) is 15.8. The molecule has 28 heavy (non-hydrogen) atoms. The predicted molar refractivity (Wildman–Crippen MR) is 111 cm³/mol. The van der Waals surface area contributed by atoms with Crippen LogP contribution >= 0.6 is 0 Å². The summed E-state index contributed by atoms with van der Waals surface area (Å²) in [6.45, 7) is 2.56. The second-order valence-electron chi connectivity index (χ2n) is 7.17. The van der Waals surface area contributed by atoms with Crippen molar-refractivity contribution in [3.63, 3.8) is 0 Å². The number of anilines is 1. The van der Waals surface area contributed by atoms with Gasteiger partial charge in [0.25, 0.3) is 5.91 Å². The van der Waals surface area contributed by atoms with Crippen LogP contribution in [0.3, 0.4) is 0 Å². The minimum atomic E-state index is -0.0174. The standard InChI is InChI=1S/C23H24N4O/c28-23(21-10-8-20(9-11-21)19-6-2-1-3-7-19)26-15-18-5-4-14-27(17-18)22-16-24-12-13-25-22/h1-3,6-13,16,18H,4-5,14-15,17H2,(H,26,28)/t18-/m1/s1. The molecule has 3 aromatic rings. The Morgan fingerprint density at radius 1 is 1.04 bits per heavy atom. The minimum Gasteiger partial charge on any atom is -0.355 e. The number of carbonyl (C=O) groups excluding carboxylic acids is 1. The second-order valence-corrected chi connectivity index (χ2v) is 7.17. The van der Waals surface area contributed by atoms with Gasteiger partial charge in [-0.2, -0.15) is 0 Å². The lowest BCUT2D eigenvalue weighted by molar-refractivity contribution is 0.0945. The number of carbonyl (C=O) groups is 1. The van der Waals surface area contributed by atoms with Crippen LogP contribution in [0.2, 0.25) is 0 Å². The van der Waals surface area contributed by atoms with E-state index in [-0.39, 0.29) is 5.91 Å². The topological polar surface area (TPSA) is 58.1 Å². The van der Waals surface area contributed by atoms with E-state index in [0.29, 0.717) is 18.0 Å². The molecular weight excluding hydrogens is 348 g/mol. The number of piperidine rings is 1. The zero-order valence-electron chi connectivity index (χ0n) is 15.8. The summed E-state index contributed by atoms with van der Waals surface area (Å²) in [6, 6.07) is 18.0. The number of hydrogen-bond donors (Lipinski definition) is 1. The normalized spacial score (nSPS) is 16.6. The number of nitrogens with zero attached hydrogens (tertiary/aromatic N) is 3. The third kappa shape index (κ3) is 4.36. The third-order valence-corrected chi connectivity index (χ3v) is 5.20. The molecule has 0 aliphatic carbocycles. The first-order chi connectivity index (χ1) is 13.8. The van der Waals surface area contributed by atoms with Crippen molar-refractivity contribution < 1.29 is 4.79 Å². The molecule has 0 saturated carbocycles. The monoisotopic (exact) mass is 372 g/mol. The number of hydrogen-bond acceptors (Lipinski definition) is 4. The molecule has 5 nitrogen and oxygen atoms in total. The van der Waals surface area contributed by atoms with Crippen LogP contribution in [0.4, 0.5) is 5.82 Å². The number of aromatic nitrogens is 2. The molecule has 2 aromatic carbocycles. The number of rotatable bonds is 5. The van der Waals surface area contributed by atoms with Gasteiger partial charge in [0.2, 0.25) is 0 Å². The van der Waals surface area contributed by atoms with Gasteiger partial charge in [0.15, 0.2) is 0 Å². The highest BCUT2D eigenvalue weighted by Gasteiger charge is 2.21. The van der Waals surface area contributed by atoms with Crippen molar-refractivity contribution in [2.75, 3.05) is 24.5 Å². The van der Waals surface area contributed by atoms with Crippen LogP contribution in [0.1, 0.15) is 23.2 Å². The summed E-state index contributed by atoms with van der Waals surface area (Å²) in [5, 5.41) is 3.10. The van der Waals surface area contributed by atoms with Gasteiger partial charge >= 0.3 is 0 Å². The van der Waals surface area contributed by atoms with Gasteiger partial charge < -0.3 is 10.2 Å². The van der Waals surface area contributed by atoms with Gasteiger partial charge in [-0.3, -0.25) is 9.78 Å². The van der Waals surface area contributed by atoms with Crippen molar-refractivity contribution in [2.24, 2.45) is 5.92 Å². The van der Waals surface area contributed by atoms with Crippen LogP contribution in [0.5, 0.6) is 0 Å². The summed E-state index contributed by atoms with van der Waals surface area (Å²) in [7, 11) is 0. The fourth-order valence-electron chi connectivity index (χ4n) is 3.68. The predicted octanol–water partition coefficient (Wildman–Crippen LogP) is 3.79. The van der Waals surface area contributed by atoms with Crippen molar-refractivity contribution >= 4 is 11.7 Å². The van der Waals surface area contributed by atoms with Crippen LogP contribution < -0.4 is 10.2 Å². The highest BCUT2D eigenvalue weighted by atomic mass is 16.1. The molecule has 1 aliphatic heterocycles. The maximum absolute atomic E-state index is 12.5. The van der Waals surface area contributed by atoms with E-state index in [0.717, 1.165) is 42.9 Å². The molecule has 1 amide bonds. The Morgan fingerprint density at radius 2 is 1.82 bits per heavy atom. The molecule has 5 heteroatoms. The van der Waals surface area contributed by atoms with Crippen molar-refractivity contribution in [1.82, 2.24) is 15.3 Å². The van der Waals surface area contributed by atoms with Crippen LogP contribution in [0.25, 0.3) is 11.1 Å². The SMILES string of the molecule is O=C(NC[C@H]1CCCN(c2cnccn2)C1)c1ccc(-c2ccccc2)cc1. The summed E-state index contributed by atoms with van der Waals surface area (Å²) in [5.74, 6) is 1.31. The molecule has 0 spiro atoms. The van der Waals surface area contributed by atoms with Crippen LogP contribution in [-0.4, -0.2) is 35.5 Å². The van der Waals surface area contributed by atoms with Gasteiger partial charge in [-0.1, -0.05) is 42.5 Å². The number of nitrogens with one attached hydrogen (secondary N) is 1. The van der Waals surface area contributed by atoms with E-state index >= 15 is 0 Å². The van der Waals surface area contributed by atoms with Gasteiger partial charge in [-0.05, 0) is 42.0 Å². The Labute approximate surface area is 165 Å². The Balaban J connectivity index is 1.33. The largest absolute Gasteiger partial charge is 0.355 e. The molecule has 1 fully saturated rings. The molecule has 0 bridgehead atoms. The van der Waals surface area contributed by atoms with Crippen molar-refractivity contribution in [1.29, 1.82) is 0 Å². The van der Waals surface area contributed by atoms with E-state index in [1.54, 1.807) is 18.6 Å². The molecule has 1 aromatic heterocycles. The molecule has 4 rings (SSSR count). The molecule has 0 radical (unpaired) electrons. The van der Waals surface area contributed by atoms with E-state index in [1.807, 2.05) is 42.5 Å². The van der Waals surface area contributed by atoms with Crippen LogP contribution in [-0.2, 0) is 0 Å². The summed E-state index contributed by atoms with van der Waals surface area (Å²) in [4.78, 5) is 23.3. The summed E-state index contributed by atoms with van der Waals surface area (Å²) < 4.78 is 0. The average Bonchev–Trinajstić information content (AvgIpc) is 2.79. The Morgan fingerprint density at radius 3 is 2.57 bits per heavy atom. The first-order valence-electron chi connectivity index (χ1n) is 9.74. The number of benzene rings is 2. The lowest BCUT2D eigenvalue weighted by Crippen LogP contribution is -2.41. The number of amides is 1. The van der Waals surface area contributed by atoms with Gasteiger partial charge in [0, 0.05) is 37.6 Å². The minimum absolute atomic E-state index is 0.0174. The first-order valence-corrected chi connectivity index (χ1v) is 9.74. The molecule has 1 aliphatic rings. The smallest absolute Gasteiger partial charge is 0.251 e. The van der Waals surface area contributed by atoms with Crippen LogP contribution in [0.15, 0.2) is 73.2 Å². The van der Waals surface area contributed by atoms with Gasteiger partial charge in [0.1, 0.15) is 5.82 Å². The molecule has 142 valence electrons. The summed E-state index contributed by atoms with van der Waals surface area (Å²) in [6.07, 6.45) is 7.43. The zero-order chi connectivity index (χ0) is 19.2. The lowest BCUT2D eigenvalue weighted by Gasteiger charge is -2.33. The molecule has 0 unspecified atom stereocenters. The fraction of sp³-hybridized carbons (Fsp3) is 0.261. The van der Waals surface area contributed by atoms with E-state index in [4.69, 9.17) is 0 Å². The van der Waals surface area contributed by atoms with Crippen molar-refractivity contribution in [3.05, 3.63) is 78.8 Å². The lowest BCUT2D eigenvalue weighted by atomic mass is 9.98. The van der Waals surface area contributed by atoms with E-state index < -0.39 is 0 Å². The summed E-state index contributed by atoms with van der Waals surface area (Å²) >= 11 is 0. The Kier molecular flexibility index (Phi) is 5.61. The van der Waals surface area contributed by atoms with Gasteiger partial charge in [-0.25, -0.2) is 4.98 Å². The fourth-order valence-corrected chi connectivity index (χ4v) is 3.68. The Bertz CT molecular complexity index is 897. The van der Waals surface area contributed by atoms with Gasteiger partial charge in [-0.15, -0.1) is 0 Å². The van der Waals surface area contributed by atoms with E-state index in [2.05, 4.69) is 32.3 Å². The molecule has 1 N–H and O–H groups in total. The van der Waals surface area contributed by atoms with Crippen LogP contribution in [0, 0.1) is 5.92 Å². The van der Waals surface area contributed by atoms with E-state index in [1.165, 1.54) is 0 Å². The third-order valence-electron chi connectivity index (χ3n) is 5.20. The quantitative estimate of drug-likeness (QED) is 0.740. The highest BCUT2D eigenvalue weighted by Crippen LogP contribution is 2.21. The maximum Gasteiger partial charge on any atom is 0.251 e. The second kappa shape index (κ2) is 8.65. The van der Waals surface area contributed by atoms with E-state index in [9.17, 15) is 4.79 Å². The molecule has 1 saturated heterocycles. The first kappa shape index (κ1) is 18.2.